The lowest BCUT2D eigenvalue weighted by Crippen LogP contribution is -2.32. The molecule has 30 heavy (non-hydrogen) atoms. The normalized spacial score (nSPS) is 18.3. The molecule has 1 saturated heterocycles. The highest BCUT2D eigenvalue weighted by Crippen LogP contribution is 2.39. The molecule has 0 aromatic heterocycles. The first-order chi connectivity index (χ1) is 14.4. The summed E-state index contributed by atoms with van der Waals surface area (Å²) in [6.07, 6.45) is 0. The summed E-state index contributed by atoms with van der Waals surface area (Å²) >= 11 is 0. The second-order valence-electron chi connectivity index (χ2n) is 7.54. The molecule has 1 aliphatic rings. The minimum absolute atomic E-state index is 0.0710. The minimum atomic E-state index is -0.704. The van der Waals surface area contributed by atoms with Crippen molar-refractivity contribution in [1.82, 2.24) is 4.90 Å². The van der Waals surface area contributed by atoms with E-state index in [2.05, 4.69) is 13.8 Å². The summed E-state index contributed by atoms with van der Waals surface area (Å²) in [5.41, 5.74) is 2.41. The van der Waals surface area contributed by atoms with E-state index in [0.717, 1.165) is 11.1 Å². The first kappa shape index (κ1) is 21.6. The molecule has 2 aromatic carbocycles. The van der Waals surface area contributed by atoms with Gasteiger partial charge in [-0.1, -0.05) is 50.2 Å². The van der Waals surface area contributed by atoms with E-state index in [-0.39, 0.29) is 24.5 Å². The largest absolute Gasteiger partial charge is 0.507 e. The van der Waals surface area contributed by atoms with Crippen LogP contribution < -0.4 is 4.74 Å². The Morgan fingerprint density at radius 2 is 1.80 bits per heavy atom. The monoisotopic (exact) mass is 409 g/mol. The molecule has 1 aliphatic heterocycles. The topological polar surface area (TPSA) is 76.1 Å². The third-order valence-electron chi connectivity index (χ3n) is 5.34. The van der Waals surface area contributed by atoms with Crippen molar-refractivity contribution in [2.45, 2.75) is 25.8 Å². The number of carbonyl (C=O) groups is 2. The fraction of sp³-hybridized carbons (Fsp3) is 0.333. The Morgan fingerprint density at radius 3 is 2.40 bits per heavy atom. The highest BCUT2D eigenvalue weighted by molar-refractivity contribution is 6.46. The molecule has 0 bridgehead atoms. The number of hydrogen-bond acceptors (Lipinski definition) is 5. The summed E-state index contributed by atoms with van der Waals surface area (Å²) in [6.45, 7) is 4.73. The van der Waals surface area contributed by atoms with Gasteiger partial charge in [-0.05, 0) is 29.2 Å². The van der Waals surface area contributed by atoms with Gasteiger partial charge in [0.2, 0.25) is 0 Å². The van der Waals surface area contributed by atoms with E-state index in [4.69, 9.17) is 9.47 Å². The van der Waals surface area contributed by atoms with Gasteiger partial charge < -0.3 is 19.5 Å². The predicted molar refractivity (Wildman–Crippen MR) is 114 cm³/mol. The molecule has 0 saturated carbocycles. The molecule has 6 nitrogen and oxygen atoms in total. The standard InChI is InChI=1S/C24H27NO5/c1-15(2)16-8-10-17(11-9-16)21-20(23(27)24(28)25(21)12-13-29-3)22(26)18-6-5-7-19(14-18)30-4/h5-11,14-15,21,26H,12-13H2,1-4H3/b22-20-. The number of rotatable bonds is 7. The Balaban J connectivity index is 2.14. The van der Waals surface area contributed by atoms with Crippen LogP contribution in [0.3, 0.4) is 0 Å². The van der Waals surface area contributed by atoms with E-state index in [0.29, 0.717) is 17.2 Å². The molecule has 0 radical (unpaired) electrons. The third kappa shape index (κ3) is 4.09. The molecule has 158 valence electrons. The van der Waals surface area contributed by atoms with Crippen LogP contribution in [0.5, 0.6) is 5.75 Å². The Bertz CT molecular complexity index is 962. The van der Waals surface area contributed by atoms with E-state index in [1.807, 2.05) is 24.3 Å². The fourth-order valence-corrected chi connectivity index (χ4v) is 3.64. The smallest absolute Gasteiger partial charge is 0.295 e. The van der Waals surface area contributed by atoms with Crippen molar-refractivity contribution in [3.63, 3.8) is 0 Å². The molecule has 1 atom stereocenters. The average molecular weight is 409 g/mol. The maximum absolute atomic E-state index is 12.9. The number of aliphatic hydroxyl groups is 1. The minimum Gasteiger partial charge on any atom is -0.507 e. The van der Waals surface area contributed by atoms with Gasteiger partial charge in [0, 0.05) is 19.2 Å². The molecule has 0 spiro atoms. The van der Waals surface area contributed by atoms with Crippen LogP contribution in [0, 0.1) is 0 Å². The number of amides is 1. The number of aliphatic hydroxyl groups excluding tert-OH is 1. The summed E-state index contributed by atoms with van der Waals surface area (Å²) in [6, 6.07) is 13.9. The van der Waals surface area contributed by atoms with Crippen LogP contribution in [-0.4, -0.2) is 49.1 Å². The van der Waals surface area contributed by atoms with Gasteiger partial charge in [-0.15, -0.1) is 0 Å². The van der Waals surface area contributed by atoms with E-state index < -0.39 is 17.7 Å². The Hall–Kier alpha value is -3.12. The van der Waals surface area contributed by atoms with E-state index >= 15 is 0 Å². The van der Waals surface area contributed by atoms with Gasteiger partial charge in [0.25, 0.3) is 11.7 Å². The first-order valence-electron chi connectivity index (χ1n) is 9.90. The number of likely N-dealkylation sites (tertiary alicyclic amines) is 1. The lowest BCUT2D eigenvalue weighted by atomic mass is 9.93. The zero-order valence-corrected chi connectivity index (χ0v) is 17.7. The van der Waals surface area contributed by atoms with Gasteiger partial charge >= 0.3 is 0 Å². The van der Waals surface area contributed by atoms with Gasteiger partial charge in [-0.25, -0.2) is 0 Å². The average Bonchev–Trinajstić information content (AvgIpc) is 3.01. The van der Waals surface area contributed by atoms with Crippen LogP contribution in [0.1, 0.15) is 42.5 Å². The van der Waals surface area contributed by atoms with Crippen molar-refractivity contribution >= 4 is 17.4 Å². The van der Waals surface area contributed by atoms with Crippen LogP contribution in [0.15, 0.2) is 54.1 Å². The molecule has 2 aromatic rings. The molecule has 6 heteroatoms. The van der Waals surface area contributed by atoms with Gasteiger partial charge in [0.15, 0.2) is 0 Å². The lowest BCUT2D eigenvalue weighted by Gasteiger charge is -2.25. The van der Waals surface area contributed by atoms with Crippen LogP contribution in [0.25, 0.3) is 5.76 Å². The highest BCUT2D eigenvalue weighted by atomic mass is 16.5. The third-order valence-corrected chi connectivity index (χ3v) is 5.34. The molecule has 0 aliphatic carbocycles. The molecule has 1 N–H and O–H groups in total. The number of benzene rings is 2. The fourth-order valence-electron chi connectivity index (χ4n) is 3.64. The summed E-state index contributed by atoms with van der Waals surface area (Å²) < 4.78 is 10.4. The van der Waals surface area contributed by atoms with Crippen molar-refractivity contribution in [1.29, 1.82) is 0 Å². The number of Topliss-reactive ketones (excluding diaryl/α,β-unsaturated/α-hetero) is 1. The van der Waals surface area contributed by atoms with Crippen molar-refractivity contribution < 1.29 is 24.2 Å². The first-order valence-corrected chi connectivity index (χ1v) is 9.90. The lowest BCUT2D eigenvalue weighted by molar-refractivity contribution is -0.140. The summed E-state index contributed by atoms with van der Waals surface area (Å²) in [5.74, 6) is -0.662. The zero-order chi connectivity index (χ0) is 21.8. The van der Waals surface area contributed by atoms with Crippen LogP contribution >= 0.6 is 0 Å². The van der Waals surface area contributed by atoms with Crippen molar-refractivity contribution in [3.8, 4) is 5.75 Å². The van der Waals surface area contributed by atoms with Gasteiger partial charge in [-0.3, -0.25) is 9.59 Å². The number of hydrogen-bond donors (Lipinski definition) is 1. The second-order valence-corrected chi connectivity index (χ2v) is 7.54. The Labute approximate surface area is 176 Å². The zero-order valence-electron chi connectivity index (χ0n) is 17.7. The molecule has 3 rings (SSSR count). The van der Waals surface area contributed by atoms with E-state index in [9.17, 15) is 14.7 Å². The quantitative estimate of drug-likeness (QED) is 0.427. The van der Waals surface area contributed by atoms with E-state index in [1.54, 1.807) is 31.4 Å². The van der Waals surface area contributed by atoms with Gasteiger partial charge in [0.05, 0.1) is 25.3 Å². The number of ketones is 1. The maximum atomic E-state index is 12.9. The van der Waals surface area contributed by atoms with Crippen LogP contribution in [0.4, 0.5) is 0 Å². The number of ether oxygens (including phenoxy) is 2. The highest BCUT2D eigenvalue weighted by Gasteiger charge is 2.45. The van der Waals surface area contributed by atoms with E-state index in [1.165, 1.54) is 12.0 Å². The van der Waals surface area contributed by atoms with Crippen LogP contribution in [0.2, 0.25) is 0 Å². The summed E-state index contributed by atoms with van der Waals surface area (Å²) in [5, 5.41) is 11.0. The maximum Gasteiger partial charge on any atom is 0.295 e. The molecular formula is C24H27NO5. The Morgan fingerprint density at radius 1 is 1.10 bits per heavy atom. The number of carbonyl (C=O) groups excluding carboxylic acids is 2. The summed E-state index contributed by atoms with van der Waals surface area (Å²) in [7, 11) is 3.07. The second kappa shape index (κ2) is 9.13. The number of methoxy groups -OCH3 is 2. The molecule has 1 amide bonds. The van der Waals surface area contributed by atoms with Crippen LogP contribution in [-0.2, 0) is 14.3 Å². The summed E-state index contributed by atoms with van der Waals surface area (Å²) in [4.78, 5) is 27.2. The molecule has 1 heterocycles. The molecule has 1 unspecified atom stereocenters. The van der Waals surface area contributed by atoms with Crippen molar-refractivity contribution in [2.24, 2.45) is 0 Å². The predicted octanol–water partition coefficient (Wildman–Crippen LogP) is 3.89. The van der Waals surface area contributed by atoms with Gasteiger partial charge in [-0.2, -0.15) is 0 Å². The van der Waals surface area contributed by atoms with Crippen molar-refractivity contribution in [3.05, 3.63) is 70.8 Å². The Kier molecular flexibility index (Phi) is 6.57. The van der Waals surface area contributed by atoms with Gasteiger partial charge in [0.1, 0.15) is 11.5 Å². The van der Waals surface area contributed by atoms with Crippen molar-refractivity contribution in [2.75, 3.05) is 27.4 Å². The molecule has 1 fully saturated rings. The number of nitrogens with zero attached hydrogens (tertiary/aromatic N) is 1. The molecular weight excluding hydrogens is 382 g/mol. The SMILES string of the molecule is COCCN1C(=O)C(=O)/C(=C(\O)c2cccc(OC)c2)C1c1ccc(C(C)C)cc1.